The van der Waals surface area contributed by atoms with Crippen molar-refractivity contribution < 1.29 is 151 Å². The molecule has 0 atom stereocenters. The molecule has 16 rings (SSSR count). The molecule has 7 aliphatic heterocycles. The van der Waals surface area contributed by atoms with Crippen molar-refractivity contribution in [1.29, 1.82) is 0 Å². The molecular weight excluding hydrogens is 1260 g/mol. The number of para-hydroxylation sites is 1. The van der Waals surface area contributed by atoms with Crippen molar-refractivity contribution in [1.82, 2.24) is 0 Å². The highest BCUT2D eigenvalue weighted by Gasteiger charge is 2.28. The van der Waals surface area contributed by atoms with Crippen molar-refractivity contribution in [2.24, 2.45) is 0 Å². The Morgan fingerprint density at radius 2 is 0.716 bits per heavy atom. The van der Waals surface area contributed by atoms with Crippen LogP contribution in [0.5, 0.6) is 97.7 Å². The molecule has 7 aliphatic rings. The van der Waals surface area contributed by atoms with Gasteiger partial charge in [-0.05, 0) is 72.1 Å². The van der Waals surface area contributed by atoms with Gasteiger partial charge in [-0.15, -0.1) is 0 Å². The zero-order valence-corrected chi connectivity index (χ0v) is 48.2. The van der Waals surface area contributed by atoms with Crippen molar-refractivity contribution in [3.05, 3.63) is 172 Å². The average Bonchev–Trinajstić information content (AvgIpc) is 1.70. The molecule has 10 N–H and O–H groups in total. The van der Waals surface area contributed by atoms with Crippen molar-refractivity contribution in [3.8, 4) is 97.7 Å². The SMILES string of the molecule is O=C(O)c1c2c(cc3ccccc13)OCO2.O=C(O)c1cc(O)c2c(c1)OCO2.O=C(O)c1cc2c(c3ccccc13)OCO2.O=C(O)c1cc2c(cc1O)OCO2.O=C(O)c1ccc2c(c1)OCO2.O=C(O)c1ccc2c(c1O)OCO2.O=C(O)c1cccc2c1OCO2. The molecule has 95 heavy (non-hydrogen) atoms. The summed E-state index contributed by atoms with van der Waals surface area (Å²) >= 11 is 0. The van der Waals surface area contributed by atoms with Crippen LogP contribution in [0.1, 0.15) is 72.5 Å². The standard InChI is InChI=1S/2C12H8O4.3C8H6O5.2C8H6O4/c13-12(14)9-5-10-11(16-6-15-10)8-4-2-1-3-7(8)9;13-12(14)10-8-4-2-1-3-7(8)5-9-11(10)16-6-15-9;9-5-2-7-6(12-3-13-7)1-4(5)8(10)11;9-5-1-4(8(10)11)2-6-7(5)13-3-12-6;9-6-4(8(10)11)1-2-5-7(6)13-3-12-5;9-8(10)5-1-2-6-7(3-5)12-4-11-6;9-8(10)5-2-1-3-6-7(5)12-4-11-6/h2*1-5H,6H2,(H,13,14);3*1-2,9H,3H2,(H,10,11);2*1-3H,4H2,(H,9,10). The molecule has 0 amide bonds. The number of carboxylic acid groups (broad SMARTS) is 7. The van der Waals surface area contributed by atoms with Crippen LogP contribution >= 0.6 is 0 Å². The Bertz CT molecular complexity index is 4520. The predicted molar refractivity (Wildman–Crippen MR) is 317 cm³/mol. The molecule has 9 aromatic carbocycles. The fourth-order valence-corrected chi connectivity index (χ4v) is 9.30. The third kappa shape index (κ3) is 14.2. The average molecular weight is 1310 g/mol. The highest BCUT2D eigenvalue weighted by atomic mass is 16.7. The summed E-state index contributed by atoms with van der Waals surface area (Å²) in [7, 11) is 0. The van der Waals surface area contributed by atoms with Crippen LogP contribution < -0.4 is 66.3 Å². The van der Waals surface area contributed by atoms with E-state index in [0.29, 0.717) is 74.0 Å². The molecule has 0 unspecified atom stereocenters. The van der Waals surface area contributed by atoms with Crippen molar-refractivity contribution in [3.63, 3.8) is 0 Å². The van der Waals surface area contributed by atoms with Crippen molar-refractivity contribution >= 4 is 63.3 Å². The summed E-state index contributed by atoms with van der Waals surface area (Å²) in [5.41, 5.74) is 0.352. The Morgan fingerprint density at radius 1 is 0.263 bits per heavy atom. The number of phenolic OH excluding ortho intramolecular Hbond substituents is 1. The second kappa shape index (κ2) is 28.1. The van der Waals surface area contributed by atoms with Gasteiger partial charge in [0.2, 0.25) is 59.0 Å². The lowest BCUT2D eigenvalue weighted by Gasteiger charge is -2.06. The number of benzene rings is 9. The first-order valence-electron chi connectivity index (χ1n) is 27.1. The van der Waals surface area contributed by atoms with Gasteiger partial charge in [0.25, 0.3) is 0 Å². The van der Waals surface area contributed by atoms with Crippen LogP contribution in [0.4, 0.5) is 0 Å². The molecule has 0 aromatic heterocycles. The maximum atomic E-state index is 11.2. The minimum absolute atomic E-state index is 0.00592. The maximum absolute atomic E-state index is 11.2. The first kappa shape index (κ1) is 64.4. The second-order valence-corrected chi connectivity index (χ2v) is 19.3. The van der Waals surface area contributed by atoms with Gasteiger partial charge in [-0.2, -0.15) is 0 Å². The number of phenols is 3. The minimum atomic E-state index is -1.20. The van der Waals surface area contributed by atoms with Gasteiger partial charge in [0.1, 0.15) is 28.0 Å². The summed E-state index contributed by atoms with van der Waals surface area (Å²) < 4.78 is 70.5. The smallest absolute Gasteiger partial charge is 0.340 e. The van der Waals surface area contributed by atoms with E-state index in [1.54, 1.807) is 48.5 Å². The van der Waals surface area contributed by atoms with Crippen LogP contribution in [-0.4, -0.2) is 140 Å². The monoisotopic (exact) mass is 1310 g/mol. The van der Waals surface area contributed by atoms with Crippen LogP contribution in [0.15, 0.2) is 133 Å². The number of hydrogen-bond donors (Lipinski definition) is 10. The van der Waals surface area contributed by atoms with Crippen LogP contribution in [0.2, 0.25) is 0 Å². The topological polar surface area (TPSA) is 451 Å². The van der Waals surface area contributed by atoms with E-state index < -0.39 is 41.8 Å². The molecule has 31 nitrogen and oxygen atoms in total. The number of carboxylic acids is 7. The first-order chi connectivity index (χ1) is 45.7. The molecule has 9 aromatic rings. The lowest BCUT2D eigenvalue weighted by atomic mass is 10.0. The molecule has 0 bridgehead atoms. The van der Waals surface area contributed by atoms with E-state index in [0.717, 1.165) is 16.8 Å². The van der Waals surface area contributed by atoms with E-state index in [1.807, 2.05) is 24.3 Å². The lowest BCUT2D eigenvalue weighted by Crippen LogP contribution is -2.00. The number of hydrogen-bond acceptors (Lipinski definition) is 24. The minimum Gasteiger partial charge on any atom is -0.507 e. The lowest BCUT2D eigenvalue weighted by molar-refractivity contribution is 0.0681. The summed E-state index contributed by atoms with van der Waals surface area (Å²) in [5.74, 6) is -2.89. The highest BCUT2D eigenvalue weighted by molar-refractivity contribution is 6.08. The van der Waals surface area contributed by atoms with Gasteiger partial charge in [-0.1, -0.05) is 54.6 Å². The molecule has 7 heterocycles. The number of aromatic hydroxyl groups is 3. The van der Waals surface area contributed by atoms with Crippen LogP contribution in [0.3, 0.4) is 0 Å². The third-order valence-electron chi connectivity index (χ3n) is 13.6. The molecule has 0 spiro atoms. The second-order valence-electron chi connectivity index (χ2n) is 19.3. The molecule has 31 heteroatoms. The van der Waals surface area contributed by atoms with Gasteiger partial charge in [-0.25, -0.2) is 33.6 Å². The van der Waals surface area contributed by atoms with E-state index >= 15 is 0 Å². The largest absolute Gasteiger partial charge is 0.507 e. The molecule has 0 saturated carbocycles. The fraction of sp³-hybridized carbons (Fsp3) is 0.109. The Morgan fingerprint density at radius 3 is 1.34 bits per heavy atom. The van der Waals surface area contributed by atoms with Gasteiger partial charge in [0.15, 0.2) is 80.5 Å². The third-order valence-corrected chi connectivity index (χ3v) is 13.6. The highest BCUT2D eigenvalue weighted by Crippen LogP contribution is 2.45. The summed E-state index contributed by atoms with van der Waals surface area (Å²) in [6, 6.07) is 34.7. The van der Waals surface area contributed by atoms with Crippen LogP contribution in [0.25, 0.3) is 21.5 Å². The van der Waals surface area contributed by atoms with E-state index in [4.69, 9.17) is 97.0 Å². The number of aromatic carboxylic acids is 7. The molecule has 0 radical (unpaired) electrons. The van der Waals surface area contributed by atoms with Crippen LogP contribution in [0, 0.1) is 0 Å². The van der Waals surface area contributed by atoms with Gasteiger partial charge in [-0.3, -0.25) is 0 Å². The summed E-state index contributed by atoms with van der Waals surface area (Å²) in [6.45, 7) is 0.544. The Balaban J connectivity index is 0.000000121. The number of ether oxygens (including phenoxy) is 14. The summed E-state index contributed by atoms with van der Waals surface area (Å²) in [5, 5.41) is 92.4. The normalized spacial score (nSPS) is 13.0. The van der Waals surface area contributed by atoms with E-state index in [1.165, 1.54) is 54.6 Å². The molecule has 0 saturated heterocycles. The zero-order valence-electron chi connectivity index (χ0n) is 48.2. The Hall–Kier alpha value is -13.6. The molecule has 488 valence electrons. The van der Waals surface area contributed by atoms with Crippen molar-refractivity contribution in [2.45, 2.75) is 0 Å². The first-order valence-corrected chi connectivity index (χ1v) is 27.1. The Kier molecular flexibility index (Phi) is 19.0. The van der Waals surface area contributed by atoms with Gasteiger partial charge in [0.05, 0.1) is 16.7 Å². The van der Waals surface area contributed by atoms with Gasteiger partial charge in [0, 0.05) is 28.3 Å². The van der Waals surface area contributed by atoms with Gasteiger partial charge < -0.3 is 117 Å². The quantitative estimate of drug-likeness (QED) is 0.0710. The van der Waals surface area contributed by atoms with E-state index in [9.17, 15) is 54.0 Å². The van der Waals surface area contributed by atoms with E-state index in [-0.39, 0.29) is 121 Å². The molecule has 0 fully saturated rings. The summed E-state index contributed by atoms with van der Waals surface area (Å²) in [6.07, 6.45) is 0. The fourth-order valence-electron chi connectivity index (χ4n) is 9.30. The number of rotatable bonds is 7. The zero-order chi connectivity index (χ0) is 67.6. The summed E-state index contributed by atoms with van der Waals surface area (Å²) in [4.78, 5) is 75.2. The van der Waals surface area contributed by atoms with Crippen molar-refractivity contribution in [2.75, 3.05) is 47.6 Å². The van der Waals surface area contributed by atoms with E-state index in [2.05, 4.69) is 0 Å². The van der Waals surface area contributed by atoms with Gasteiger partial charge >= 0.3 is 41.8 Å². The predicted octanol–water partition coefficient (Wildman–Crippen LogP) is 9.22. The number of fused-ring (bicyclic) bond motifs is 10. The number of carbonyl (C=O) groups is 7. The molecule has 0 aliphatic carbocycles. The molecular formula is C64H46O31. The Labute approximate surface area is 530 Å². The maximum Gasteiger partial charge on any atom is 0.340 e. The van der Waals surface area contributed by atoms with Crippen LogP contribution in [-0.2, 0) is 0 Å².